The van der Waals surface area contributed by atoms with E-state index in [0.717, 1.165) is 23.5 Å². The largest absolute Gasteiger partial charge is 0.461 e. The van der Waals surface area contributed by atoms with Gasteiger partial charge in [-0.15, -0.1) is 20.4 Å². The average Bonchev–Trinajstić information content (AvgIpc) is 3.32. The van der Waals surface area contributed by atoms with Crippen molar-refractivity contribution in [2.75, 3.05) is 0 Å². The fraction of sp³-hybridized carbons (Fsp3) is 0.0588. The lowest BCUT2D eigenvalue weighted by atomic mass is 10.3. The van der Waals surface area contributed by atoms with Crippen LogP contribution in [0.25, 0.3) is 17.3 Å². The topological polar surface area (TPSA) is 69.6 Å². The Kier molecular flexibility index (Phi) is 4.40. The van der Waals surface area contributed by atoms with Crippen molar-refractivity contribution < 1.29 is 17.6 Å². The monoisotopic (exact) mass is 389 g/mol. The molecule has 0 radical (unpaired) electrons. The van der Waals surface area contributed by atoms with Crippen molar-refractivity contribution in [1.82, 2.24) is 25.0 Å². The van der Waals surface area contributed by atoms with Gasteiger partial charge in [-0.25, -0.2) is 0 Å². The van der Waals surface area contributed by atoms with Crippen molar-refractivity contribution in [2.45, 2.75) is 16.4 Å². The molecular formula is C17H10F3N5OS. The van der Waals surface area contributed by atoms with Crippen molar-refractivity contribution in [1.29, 1.82) is 0 Å². The van der Waals surface area contributed by atoms with Gasteiger partial charge >= 0.3 is 6.18 Å². The Hall–Kier alpha value is -3.14. The summed E-state index contributed by atoms with van der Waals surface area (Å²) >= 11 is 1.05. The summed E-state index contributed by atoms with van der Waals surface area (Å²) in [6.45, 7) is 0. The number of nitrogens with zero attached hydrogens (tertiary/aromatic N) is 5. The van der Waals surface area contributed by atoms with E-state index in [1.165, 1.54) is 12.3 Å². The maximum absolute atomic E-state index is 12.6. The normalized spacial score (nSPS) is 11.7. The summed E-state index contributed by atoms with van der Waals surface area (Å²) in [6.07, 6.45) is -3.01. The van der Waals surface area contributed by atoms with Crippen molar-refractivity contribution >= 4 is 11.8 Å². The van der Waals surface area contributed by atoms with E-state index in [9.17, 15) is 13.2 Å². The number of para-hydroxylation sites is 1. The third kappa shape index (κ3) is 3.56. The summed E-state index contributed by atoms with van der Waals surface area (Å²) in [5.41, 5.74) is -0.274. The number of hydrogen-bond acceptors (Lipinski definition) is 6. The fourth-order valence-electron chi connectivity index (χ4n) is 2.33. The van der Waals surface area contributed by atoms with E-state index in [4.69, 9.17) is 4.42 Å². The Labute approximate surface area is 155 Å². The van der Waals surface area contributed by atoms with Gasteiger partial charge in [0.05, 0.1) is 6.26 Å². The first kappa shape index (κ1) is 17.3. The van der Waals surface area contributed by atoms with Crippen LogP contribution >= 0.6 is 11.8 Å². The molecule has 0 saturated carbocycles. The lowest BCUT2D eigenvalue weighted by molar-refractivity contribution is -0.141. The lowest BCUT2D eigenvalue weighted by Crippen LogP contribution is -2.08. The first-order valence-electron chi connectivity index (χ1n) is 7.66. The molecule has 0 spiro atoms. The van der Waals surface area contributed by atoms with Crippen LogP contribution in [0.1, 0.15) is 5.69 Å². The molecule has 3 heterocycles. The highest BCUT2D eigenvalue weighted by atomic mass is 32.2. The average molecular weight is 389 g/mol. The third-order valence-corrected chi connectivity index (χ3v) is 4.39. The molecule has 136 valence electrons. The molecule has 0 bridgehead atoms. The van der Waals surface area contributed by atoms with E-state index in [2.05, 4.69) is 20.4 Å². The summed E-state index contributed by atoms with van der Waals surface area (Å²) in [4.78, 5) is 0. The summed E-state index contributed by atoms with van der Waals surface area (Å²) < 4.78 is 45.1. The Morgan fingerprint density at radius 2 is 1.67 bits per heavy atom. The van der Waals surface area contributed by atoms with Gasteiger partial charge in [-0.2, -0.15) is 13.2 Å². The highest BCUT2D eigenvalue weighted by Crippen LogP contribution is 2.32. The molecule has 27 heavy (non-hydrogen) atoms. The highest BCUT2D eigenvalue weighted by molar-refractivity contribution is 7.99. The Morgan fingerprint density at radius 3 is 2.30 bits per heavy atom. The first-order valence-corrected chi connectivity index (χ1v) is 8.47. The molecule has 0 aliphatic carbocycles. The zero-order valence-corrected chi connectivity index (χ0v) is 14.3. The zero-order chi connectivity index (χ0) is 18.9. The summed E-state index contributed by atoms with van der Waals surface area (Å²) in [5.74, 6) is 0.977. The van der Waals surface area contributed by atoms with Gasteiger partial charge in [0.1, 0.15) is 5.03 Å². The maximum atomic E-state index is 12.6. The van der Waals surface area contributed by atoms with Gasteiger partial charge in [-0.05, 0) is 48.2 Å². The molecule has 4 rings (SSSR count). The van der Waals surface area contributed by atoms with Crippen LogP contribution in [0.3, 0.4) is 0 Å². The predicted molar refractivity (Wildman–Crippen MR) is 90.2 cm³/mol. The minimum absolute atomic E-state index is 0.263. The summed E-state index contributed by atoms with van der Waals surface area (Å²) in [5, 5.41) is 15.8. The Morgan fingerprint density at radius 1 is 0.852 bits per heavy atom. The molecule has 6 nitrogen and oxygen atoms in total. The molecular weight excluding hydrogens is 379 g/mol. The second-order valence-electron chi connectivity index (χ2n) is 5.31. The van der Waals surface area contributed by atoms with E-state index in [-0.39, 0.29) is 5.03 Å². The number of halogens is 3. The van der Waals surface area contributed by atoms with Gasteiger partial charge in [0.2, 0.25) is 11.0 Å². The van der Waals surface area contributed by atoms with E-state index in [0.29, 0.717) is 16.7 Å². The second kappa shape index (κ2) is 6.88. The molecule has 4 aromatic rings. The van der Waals surface area contributed by atoms with Crippen molar-refractivity contribution in [3.63, 3.8) is 0 Å². The number of aromatic nitrogens is 5. The molecule has 0 aliphatic rings. The number of furan rings is 1. The molecule has 0 atom stereocenters. The van der Waals surface area contributed by atoms with Crippen LogP contribution in [0, 0.1) is 0 Å². The minimum Gasteiger partial charge on any atom is -0.461 e. The SMILES string of the molecule is FC(F)(F)c1ccc(Sc2nnc(-c3ccco3)n2-c2ccccc2)nn1. The standard InChI is InChI=1S/C17H10F3N5OS/c18-17(19,20)13-8-9-14(22-21-13)27-16-24-23-15(12-7-4-10-26-12)25(16)11-5-2-1-3-6-11/h1-10H. The number of benzene rings is 1. The molecule has 3 aromatic heterocycles. The van der Waals surface area contributed by atoms with Crippen LogP contribution in [0.4, 0.5) is 13.2 Å². The highest BCUT2D eigenvalue weighted by Gasteiger charge is 2.33. The van der Waals surface area contributed by atoms with E-state index in [1.807, 2.05) is 30.3 Å². The van der Waals surface area contributed by atoms with Crippen molar-refractivity contribution in [3.05, 3.63) is 66.6 Å². The predicted octanol–water partition coefficient (Wildman–Crippen LogP) is 4.49. The van der Waals surface area contributed by atoms with Gasteiger partial charge < -0.3 is 4.42 Å². The molecule has 0 fully saturated rings. The number of hydrogen-bond donors (Lipinski definition) is 0. The van der Waals surface area contributed by atoms with Gasteiger partial charge in [0.25, 0.3) is 0 Å². The van der Waals surface area contributed by atoms with Gasteiger partial charge in [-0.3, -0.25) is 4.57 Å². The summed E-state index contributed by atoms with van der Waals surface area (Å²) in [6, 6.07) is 14.9. The summed E-state index contributed by atoms with van der Waals surface area (Å²) in [7, 11) is 0. The van der Waals surface area contributed by atoms with E-state index >= 15 is 0 Å². The number of alkyl halides is 3. The van der Waals surface area contributed by atoms with Gasteiger partial charge in [-0.1, -0.05) is 18.2 Å². The van der Waals surface area contributed by atoms with E-state index in [1.54, 1.807) is 16.7 Å². The fourth-order valence-corrected chi connectivity index (χ4v) is 3.10. The molecule has 10 heteroatoms. The van der Waals surface area contributed by atoms with Crippen molar-refractivity contribution in [2.24, 2.45) is 0 Å². The van der Waals surface area contributed by atoms with Gasteiger partial charge in [0, 0.05) is 5.69 Å². The van der Waals surface area contributed by atoms with Gasteiger partial charge in [0.15, 0.2) is 11.5 Å². The molecule has 0 saturated heterocycles. The van der Waals surface area contributed by atoms with Crippen LogP contribution in [0.5, 0.6) is 0 Å². The first-order chi connectivity index (χ1) is 13.0. The smallest absolute Gasteiger partial charge is 0.435 e. The van der Waals surface area contributed by atoms with Crippen LogP contribution in [-0.4, -0.2) is 25.0 Å². The molecule has 1 aromatic carbocycles. The quantitative estimate of drug-likeness (QED) is 0.512. The Bertz CT molecular complexity index is 1030. The van der Waals surface area contributed by atoms with Crippen LogP contribution in [-0.2, 0) is 6.18 Å². The molecule has 0 N–H and O–H groups in total. The number of rotatable bonds is 4. The van der Waals surface area contributed by atoms with Crippen LogP contribution in [0.2, 0.25) is 0 Å². The van der Waals surface area contributed by atoms with Crippen LogP contribution < -0.4 is 0 Å². The lowest BCUT2D eigenvalue weighted by Gasteiger charge is -2.09. The zero-order valence-electron chi connectivity index (χ0n) is 13.5. The minimum atomic E-state index is -4.54. The third-order valence-electron chi connectivity index (χ3n) is 3.52. The van der Waals surface area contributed by atoms with E-state index < -0.39 is 11.9 Å². The molecule has 0 amide bonds. The molecule has 0 unspecified atom stereocenters. The second-order valence-corrected chi connectivity index (χ2v) is 6.30. The Balaban J connectivity index is 1.73. The maximum Gasteiger partial charge on any atom is 0.435 e. The van der Waals surface area contributed by atoms with Crippen LogP contribution in [0.15, 0.2) is 75.5 Å². The molecule has 0 aliphatic heterocycles. The van der Waals surface area contributed by atoms with Crippen molar-refractivity contribution in [3.8, 4) is 17.3 Å².